The van der Waals surface area contributed by atoms with Crippen molar-refractivity contribution >= 4 is 5.97 Å². The average molecular weight is 230 g/mol. The molecule has 0 radical (unpaired) electrons. The quantitative estimate of drug-likeness (QED) is 0.833. The predicted octanol–water partition coefficient (Wildman–Crippen LogP) is 2.70. The van der Waals surface area contributed by atoms with E-state index in [4.69, 9.17) is 0 Å². The predicted molar refractivity (Wildman–Crippen MR) is 65.2 cm³/mol. The first-order chi connectivity index (χ1) is 8.00. The molecular formula is C13H14N2O2. The second kappa shape index (κ2) is 4.05. The van der Waals surface area contributed by atoms with Crippen LogP contribution in [0.15, 0.2) is 18.2 Å². The summed E-state index contributed by atoms with van der Waals surface area (Å²) in [5, 5.41) is 16.0. The van der Waals surface area contributed by atoms with Crippen LogP contribution >= 0.6 is 0 Å². The second-order valence-corrected chi connectivity index (χ2v) is 4.20. The molecule has 17 heavy (non-hydrogen) atoms. The van der Waals surface area contributed by atoms with Gasteiger partial charge >= 0.3 is 5.97 Å². The van der Waals surface area contributed by atoms with Gasteiger partial charge in [-0.25, -0.2) is 4.79 Å². The molecule has 1 aromatic carbocycles. The normalized spacial score (nSPS) is 10.5. The number of aromatic amines is 1. The van der Waals surface area contributed by atoms with Crippen molar-refractivity contribution in [2.75, 3.05) is 0 Å². The zero-order valence-electron chi connectivity index (χ0n) is 10.0. The van der Waals surface area contributed by atoms with E-state index in [1.165, 1.54) is 0 Å². The van der Waals surface area contributed by atoms with E-state index in [1.807, 2.05) is 32.0 Å². The Bertz CT molecular complexity index is 585. The topological polar surface area (TPSA) is 66.0 Å². The van der Waals surface area contributed by atoms with Crippen molar-refractivity contribution in [3.63, 3.8) is 0 Å². The van der Waals surface area contributed by atoms with Crippen LogP contribution in [0.25, 0.3) is 11.3 Å². The number of carboxylic acid groups (broad SMARTS) is 1. The molecule has 0 fully saturated rings. The second-order valence-electron chi connectivity index (χ2n) is 4.20. The standard InChI is InChI=1S/C13H14N2O2/c1-7-4-5-8(2)10(6-7)12-11(13(16)17)9(3)14-15-12/h4-6H,1-3H3,(H,14,15)(H,16,17). The van der Waals surface area contributed by atoms with Crippen LogP contribution in [-0.4, -0.2) is 21.3 Å². The lowest BCUT2D eigenvalue weighted by Gasteiger charge is -2.05. The van der Waals surface area contributed by atoms with E-state index in [1.54, 1.807) is 6.92 Å². The van der Waals surface area contributed by atoms with Crippen molar-refractivity contribution in [2.45, 2.75) is 20.8 Å². The fourth-order valence-corrected chi connectivity index (χ4v) is 1.88. The van der Waals surface area contributed by atoms with Crippen LogP contribution < -0.4 is 0 Å². The van der Waals surface area contributed by atoms with Gasteiger partial charge in [-0.3, -0.25) is 5.10 Å². The number of rotatable bonds is 2. The van der Waals surface area contributed by atoms with E-state index < -0.39 is 5.97 Å². The Morgan fingerprint density at radius 3 is 2.65 bits per heavy atom. The number of hydrogen-bond donors (Lipinski definition) is 2. The van der Waals surface area contributed by atoms with E-state index in [0.29, 0.717) is 11.4 Å². The number of aryl methyl sites for hydroxylation is 3. The number of H-pyrrole nitrogens is 1. The summed E-state index contributed by atoms with van der Waals surface area (Å²) in [7, 11) is 0. The summed E-state index contributed by atoms with van der Waals surface area (Å²) < 4.78 is 0. The van der Waals surface area contributed by atoms with Crippen molar-refractivity contribution in [1.82, 2.24) is 10.2 Å². The maximum atomic E-state index is 11.2. The highest BCUT2D eigenvalue weighted by atomic mass is 16.4. The van der Waals surface area contributed by atoms with E-state index in [9.17, 15) is 9.90 Å². The third-order valence-corrected chi connectivity index (χ3v) is 2.81. The van der Waals surface area contributed by atoms with Gasteiger partial charge in [0.2, 0.25) is 0 Å². The van der Waals surface area contributed by atoms with Crippen LogP contribution in [0.1, 0.15) is 27.2 Å². The van der Waals surface area contributed by atoms with Gasteiger partial charge in [-0.2, -0.15) is 5.10 Å². The smallest absolute Gasteiger partial charge is 0.339 e. The van der Waals surface area contributed by atoms with Crippen LogP contribution in [0, 0.1) is 20.8 Å². The summed E-state index contributed by atoms with van der Waals surface area (Å²) in [6.07, 6.45) is 0. The zero-order chi connectivity index (χ0) is 12.6. The van der Waals surface area contributed by atoms with E-state index in [0.717, 1.165) is 16.7 Å². The van der Waals surface area contributed by atoms with Gasteiger partial charge in [-0.05, 0) is 32.4 Å². The molecule has 0 amide bonds. The number of nitrogens with one attached hydrogen (secondary N) is 1. The molecule has 4 nitrogen and oxygen atoms in total. The third-order valence-electron chi connectivity index (χ3n) is 2.81. The molecule has 0 saturated carbocycles. The number of carbonyl (C=O) groups is 1. The largest absolute Gasteiger partial charge is 0.478 e. The Morgan fingerprint density at radius 2 is 2.00 bits per heavy atom. The molecule has 0 spiro atoms. The summed E-state index contributed by atoms with van der Waals surface area (Å²) in [6, 6.07) is 5.93. The molecule has 0 saturated heterocycles. The number of aromatic nitrogens is 2. The Hall–Kier alpha value is -2.10. The minimum Gasteiger partial charge on any atom is -0.478 e. The molecule has 2 rings (SSSR count). The maximum Gasteiger partial charge on any atom is 0.339 e. The lowest BCUT2D eigenvalue weighted by Crippen LogP contribution is -2.00. The number of hydrogen-bond acceptors (Lipinski definition) is 2. The van der Waals surface area contributed by atoms with Crippen LogP contribution in [0.4, 0.5) is 0 Å². The maximum absolute atomic E-state index is 11.2. The molecule has 88 valence electrons. The molecule has 0 bridgehead atoms. The van der Waals surface area contributed by atoms with Gasteiger partial charge in [0.25, 0.3) is 0 Å². The molecule has 0 aliphatic carbocycles. The van der Waals surface area contributed by atoms with Crippen LogP contribution in [-0.2, 0) is 0 Å². The molecule has 1 heterocycles. The third kappa shape index (κ3) is 1.93. The Labute approximate surface area is 99.3 Å². The summed E-state index contributed by atoms with van der Waals surface area (Å²) in [6.45, 7) is 5.64. The summed E-state index contributed by atoms with van der Waals surface area (Å²) >= 11 is 0. The van der Waals surface area contributed by atoms with Gasteiger partial charge in [0.05, 0.1) is 0 Å². The zero-order valence-corrected chi connectivity index (χ0v) is 10.0. The van der Waals surface area contributed by atoms with Gasteiger partial charge in [0.15, 0.2) is 0 Å². The summed E-state index contributed by atoms with van der Waals surface area (Å²) in [4.78, 5) is 11.2. The van der Waals surface area contributed by atoms with Crippen LogP contribution in [0.5, 0.6) is 0 Å². The fraction of sp³-hybridized carbons (Fsp3) is 0.231. The summed E-state index contributed by atoms with van der Waals surface area (Å²) in [5.74, 6) is -0.952. The molecule has 0 aliphatic heterocycles. The van der Waals surface area contributed by atoms with Crippen molar-refractivity contribution in [3.8, 4) is 11.3 Å². The van der Waals surface area contributed by atoms with Gasteiger partial charge in [-0.1, -0.05) is 17.7 Å². The highest BCUT2D eigenvalue weighted by molar-refractivity contribution is 5.96. The van der Waals surface area contributed by atoms with E-state index >= 15 is 0 Å². The van der Waals surface area contributed by atoms with Crippen molar-refractivity contribution in [3.05, 3.63) is 40.6 Å². The molecule has 2 N–H and O–H groups in total. The van der Waals surface area contributed by atoms with Crippen molar-refractivity contribution in [1.29, 1.82) is 0 Å². The minimum atomic E-state index is -0.952. The average Bonchev–Trinajstić information content (AvgIpc) is 2.64. The van der Waals surface area contributed by atoms with E-state index in [-0.39, 0.29) is 5.56 Å². The number of nitrogens with zero attached hydrogens (tertiary/aromatic N) is 1. The highest BCUT2D eigenvalue weighted by Crippen LogP contribution is 2.27. The van der Waals surface area contributed by atoms with Gasteiger partial charge < -0.3 is 5.11 Å². The molecule has 0 unspecified atom stereocenters. The van der Waals surface area contributed by atoms with Crippen molar-refractivity contribution in [2.24, 2.45) is 0 Å². The monoisotopic (exact) mass is 230 g/mol. The lowest BCUT2D eigenvalue weighted by atomic mass is 9.99. The highest BCUT2D eigenvalue weighted by Gasteiger charge is 2.19. The van der Waals surface area contributed by atoms with Gasteiger partial charge in [0.1, 0.15) is 11.3 Å². The Balaban J connectivity index is 2.68. The number of aromatic carboxylic acids is 1. The summed E-state index contributed by atoms with van der Waals surface area (Å²) in [5.41, 5.74) is 4.31. The lowest BCUT2D eigenvalue weighted by molar-refractivity contribution is 0.0697. The first-order valence-corrected chi connectivity index (χ1v) is 5.36. The van der Waals surface area contributed by atoms with Crippen LogP contribution in [0.2, 0.25) is 0 Å². The first kappa shape index (κ1) is 11.4. The Morgan fingerprint density at radius 1 is 1.29 bits per heavy atom. The van der Waals surface area contributed by atoms with Crippen LogP contribution in [0.3, 0.4) is 0 Å². The fourth-order valence-electron chi connectivity index (χ4n) is 1.88. The van der Waals surface area contributed by atoms with Crippen molar-refractivity contribution < 1.29 is 9.90 Å². The molecule has 1 aromatic heterocycles. The van der Waals surface area contributed by atoms with Gasteiger partial charge in [0, 0.05) is 11.3 Å². The SMILES string of the molecule is Cc1ccc(C)c(-c2n[nH]c(C)c2C(=O)O)c1. The minimum absolute atomic E-state index is 0.249. The first-order valence-electron chi connectivity index (χ1n) is 5.36. The molecule has 4 heteroatoms. The molecule has 0 atom stereocenters. The molecule has 2 aromatic rings. The number of carboxylic acids is 1. The van der Waals surface area contributed by atoms with E-state index in [2.05, 4.69) is 10.2 Å². The van der Waals surface area contributed by atoms with Gasteiger partial charge in [-0.15, -0.1) is 0 Å². The molecule has 0 aliphatic rings. The molecular weight excluding hydrogens is 216 g/mol. The Kier molecular flexibility index (Phi) is 2.71. The number of benzene rings is 1.